The van der Waals surface area contributed by atoms with Crippen molar-refractivity contribution in [3.63, 3.8) is 0 Å². The van der Waals surface area contributed by atoms with Gasteiger partial charge in [0.1, 0.15) is 0 Å². The number of amides is 1. The molecule has 0 aliphatic heterocycles. The Balaban J connectivity index is 3.36. The fourth-order valence-electron chi connectivity index (χ4n) is 1.92. The smallest absolute Gasteiger partial charge is 0.255 e. The predicted octanol–water partition coefficient (Wildman–Crippen LogP) is 1.73. The number of nitrogens with two attached hydrogens (primary N) is 1. The Bertz CT molecular complexity index is 667. The van der Waals surface area contributed by atoms with Crippen LogP contribution in [0.1, 0.15) is 31.1 Å². The molecule has 118 valence electrons. The van der Waals surface area contributed by atoms with Crippen molar-refractivity contribution < 1.29 is 22.0 Å². The fraction of sp³-hybridized carbons (Fsp3) is 0.462. The first-order valence-corrected chi connectivity index (χ1v) is 7.65. The zero-order valence-electron chi connectivity index (χ0n) is 12.3. The summed E-state index contributed by atoms with van der Waals surface area (Å²) >= 11 is 0. The SMILES string of the molecule is CN(CC(C)(C)C)C(=O)c1cc(F)c(F)cc1S(N)(=O)=O. The molecule has 1 aromatic rings. The molecule has 1 amide bonds. The van der Waals surface area contributed by atoms with Gasteiger partial charge in [0.25, 0.3) is 5.91 Å². The van der Waals surface area contributed by atoms with E-state index < -0.39 is 38.0 Å². The molecule has 0 radical (unpaired) electrons. The van der Waals surface area contributed by atoms with Crippen LogP contribution in [-0.2, 0) is 10.0 Å². The van der Waals surface area contributed by atoms with E-state index in [0.717, 1.165) is 0 Å². The Kier molecular flexibility index (Phi) is 4.74. The quantitative estimate of drug-likeness (QED) is 0.921. The molecule has 0 saturated carbocycles. The summed E-state index contributed by atoms with van der Waals surface area (Å²) in [5.74, 6) is -3.43. The van der Waals surface area contributed by atoms with Gasteiger partial charge >= 0.3 is 0 Å². The molecule has 1 rings (SSSR count). The predicted molar refractivity (Wildman–Crippen MR) is 74.1 cm³/mol. The summed E-state index contributed by atoms with van der Waals surface area (Å²) in [7, 11) is -2.90. The van der Waals surface area contributed by atoms with Gasteiger partial charge in [-0.1, -0.05) is 20.8 Å². The van der Waals surface area contributed by atoms with E-state index in [-0.39, 0.29) is 5.41 Å². The molecular weight excluding hydrogens is 302 g/mol. The van der Waals surface area contributed by atoms with Gasteiger partial charge in [0, 0.05) is 13.6 Å². The molecule has 0 bridgehead atoms. The largest absolute Gasteiger partial charge is 0.341 e. The van der Waals surface area contributed by atoms with Gasteiger partial charge in [0.15, 0.2) is 11.6 Å². The van der Waals surface area contributed by atoms with Gasteiger partial charge in [0.05, 0.1) is 10.5 Å². The molecule has 2 N–H and O–H groups in total. The highest BCUT2D eigenvalue weighted by Crippen LogP contribution is 2.22. The molecule has 0 heterocycles. The van der Waals surface area contributed by atoms with Gasteiger partial charge in [-0.2, -0.15) is 0 Å². The van der Waals surface area contributed by atoms with Crippen LogP contribution in [0.15, 0.2) is 17.0 Å². The maximum absolute atomic E-state index is 13.3. The van der Waals surface area contributed by atoms with E-state index in [2.05, 4.69) is 0 Å². The van der Waals surface area contributed by atoms with Gasteiger partial charge < -0.3 is 4.90 Å². The number of nitrogens with zero attached hydrogens (tertiary/aromatic N) is 1. The van der Waals surface area contributed by atoms with Crippen LogP contribution in [0.3, 0.4) is 0 Å². The molecule has 0 spiro atoms. The van der Waals surface area contributed by atoms with Crippen molar-refractivity contribution in [2.45, 2.75) is 25.7 Å². The van der Waals surface area contributed by atoms with Crippen LogP contribution in [-0.4, -0.2) is 32.8 Å². The number of primary sulfonamides is 1. The third-order valence-corrected chi connectivity index (χ3v) is 3.57. The first-order valence-electron chi connectivity index (χ1n) is 6.10. The standard InChI is InChI=1S/C13H18F2N2O3S/c1-13(2,3)7-17(4)12(18)8-5-9(14)10(15)6-11(8)21(16,19)20/h5-6H,7H2,1-4H3,(H2,16,19,20). The Morgan fingerprint density at radius 3 is 2.14 bits per heavy atom. The molecule has 0 aliphatic rings. The van der Waals surface area contributed by atoms with E-state index in [1.807, 2.05) is 20.8 Å². The van der Waals surface area contributed by atoms with Crippen LogP contribution in [0, 0.1) is 17.0 Å². The average Bonchev–Trinajstić information content (AvgIpc) is 2.27. The van der Waals surface area contributed by atoms with Crippen molar-refractivity contribution >= 4 is 15.9 Å². The number of sulfonamides is 1. The molecule has 0 fully saturated rings. The van der Waals surface area contributed by atoms with E-state index >= 15 is 0 Å². The number of carbonyl (C=O) groups excluding carboxylic acids is 1. The van der Waals surface area contributed by atoms with Gasteiger partial charge in [-0.05, 0) is 17.5 Å². The van der Waals surface area contributed by atoms with Crippen molar-refractivity contribution in [1.82, 2.24) is 4.90 Å². The molecule has 0 atom stereocenters. The fourth-order valence-corrected chi connectivity index (χ4v) is 2.64. The van der Waals surface area contributed by atoms with Crippen LogP contribution < -0.4 is 5.14 Å². The molecular formula is C13H18F2N2O3S. The summed E-state index contributed by atoms with van der Waals surface area (Å²) in [6.45, 7) is 5.93. The first kappa shape index (κ1) is 17.5. The van der Waals surface area contributed by atoms with Crippen LogP contribution in [0.2, 0.25) is 0 Å². The molecule has 1 aromatic carbocycles. The minimum absolute atomic E-state index is 0.245. The Morgan fingerprint density at radius 1 is 1.24 bits per heavy atom. The van der Waals surface area contributed by atoms with Gasteiger partial charge in [-0.25, -0.2) is 22.3 Å². The van der Waals surface area contributed by atoms with Gasteiger partial charge in [-0.15, -0.1) is 0 Å². The summed E-state index contributed by atoms with van der Waals surface area (Å²) in [5, 5.41) is 4.95. The number of hydrogen-bond donors (Lipinski definition) is 1. The molecule has 21 heavy (non-hydrogen) atoms. The van der Waals surface area contributed by atoms with E-state index in [0.29, 0.717) is 18.7 Å². The Morgan fingerprint density at radius 2 is 1.71 bits per heavy atom. The number of carbonyl (C=O) groups is 1. The zero-order valence-corrected chi connectivity index (χ0v) is 13.1. The first-order chi connectivity index (χ1) is 9.33. The maximum Gasteiger partial charge on any atom is 0.255 e. The Labute approximate surface area is 122 Å². The second kappa shape index (κ2) is 5.69. The lowest BCUT2D eigenvalue weighted by atomic mass is 9.96. The highest BCUT2D eigenvalue weighted by molar-refractivity contribution is 7.89. The second-order valence-electron chi connectivity index (χ2n) is 6.03. The van der Waals surface area contributed by atoms with Crippen LogP contribution in [0.5, 0.6) is 0 Å². The third kappa shape index (κ3) is 4.47. The molecule has 5 nitrogen and oxygen atoms in total. The van der Waals surface area contributed by atoms with Gasteiger partial charge in [0.2, 0.25) is 10.0 Å². The maximum atomic E-state index is 13.3. The highest BCUT2D eigenvalue weighted by atomic mass is 32.2. The van der Waals surface area contributed by atoms with Crippen molar-refractivity contribution in [2.24, 2.45) is 10.6 Å². The molecule has 0 aromatic heterocycles. The lowest BCUT2D eigenvalue weighted by Crippen LogP contribution is -2.35. The number of benzene rings is 1. The van der Waals surface area contributed by atoms with E-state index in [1.165, 1.54) is 11.9 Å². The lowest BCUT2D eigenvalue weighted by molar-refractivity contribution is 0.0741. The van der Waals surface area contributed by atoms with E-state index in [9.17, 15) is 22.0 Å². The number of halogens is 2. The van der Waals surface area contributed by atoms with Crippen LogP contribution in [0.4, 0.5) is 8.78 Å². The average molecular weight is 320 g/mol. The Hall–Kier alpha value is -1.54. The number of hydrogen-bond acceptors (Lipinski definition) is 3. The summed E-state index contributed by atoms with van der Waals surface area (Å²) in [4.78, 5) is 12.8. The van der Waals surface area contributed by atoms with Crippen LogP contribution >= 0.6 is 0 Å². The summed E-state index contributed by atoms with van der Waals surface area (Å²) in [6, 6.07) is 0.972. The van der Waals surface area contributed by atoms with Gasteiger partial charge in [-0.3, -0.25) is 4.79 Å². The normalized spacial score (nSPS) is 12.3. The van der Waals surface area contributed by atoms with Crippen molar-refractivity contribution in [3.8, 4) is 0 Å². The van der Waals surface area contributed by atoms with Crippen molar-refractivity contribution in [2.75, 3.05) is 13.6 Å². The number of rotatable bonds is 3. The molecule has 0 aliphatic carbocycles. The summed E-state index contributed by atoms with van der Waals surface area (Å²) < 4.78 is 49.4. The molecule has 8 heteroatoms. The van der Waals surface area contributed by atoms with Crippen LogP contribution in [0.25, 0.3) is 0 Å². The molecule has 0 unspecified atom stereocenters. The summed E-state index contributed by atoms with van der Waals surface area (Å²) in [6.07, 6.45) is 0. The van der Waals surface area contributed by atoms with Crippen molar-refractivity contribution in [3.05, 3.63) is 29.3 Å². The second-order valence-corrected chi connectivity index (χ2v) is 7.56. The monoisotopic (exact) mass is 320 g/mol. The lowest BCUT2D eigenvalue weighted by Gasteiger charge is -2.27. The highest BCUT2D eigenvalue weighted by Gasteiger charge is 2.26. The van der Waals surface area contributed by atoms with E-state index in [1.54, 1.807) is 0 Å². The minimum Gasteiger partial charge on any atom is -0.341 e. The topological polar surface area (TPSA) is 80.5 Å². The van der Waals surface area contributed by atoms with E-state index in [4.69, 9.17) is 5.14 Å². The minimum atomic E-state index is -4.35. The third-order valence-electron chi connectivity index (χ3n) is 2.62. The van der Waals surface area contributed by atoms with Crippen molar-refractivity contribution in [1.29, 1.82) is 0 Å². The summed E-state index contributed by atoms with van der Waals surface area (Å²) in [5.41, 5.74) is -0.728. The molecule has 0 saturated heterocycles. The zero-order chi connectivity index (χ0) is 16.6.